The SMILES string of the molecule is CCCCCCCCC[C@H](O)[C@@H](CI)C(=O)c1ccccc1. The molecule has 2 atom stereocenters. The van der Waals surface area contributed by atoms with Crippen LogP contribution in [0.5, 0.6) is 0 Å². The number of unbranched alkanes of at least 4 members (excludes halogenated alkanes) is 6. The van der Waals surface area contributed by atoms with Gasteiger partial charge >= 0.3 is 0 Å². The number of benzene rings is 1. The first-order valence-corrected chi connectivity index (χ1v) is 10.1. The molecule has 0 saturated heterocycles. The molecule has 1 aromatic rings. The third-order valence-corrected chi connectivity index (χ3v) is 5.08. The van der Waals surface area contributed by atoms with E-state index in [1.807, 2.05) is 30.3 Å². The zero-order valence-corrected chi connectivity index (χ0v) is 15.8. The lowest BCUT2D eigenvalue weighted by Crippen LogP contribution is -2.29. The maximum atomic E-state index is 12.5. The fraction of sp³-hybridized carbons (Fsp3) is 0.632. The van der Waals surface area contributed by atoms with Gasteiger partial charge in [0.05, 0.1) is 12.0 Å². The number of carbonyl (C=O) groups is 1. The predicted octanol–water partition coefficient (Wildman–Crippen LogP) is 5.42. The van der Waals surface area contributed by atoms with Crippen molar-refractivity contribution >= 4 is 28.4 Å². The van der Waals surface area contributed by atoms with Gasteiger partial charge in [-0.25, -0.2) is 0 Å². The molecular weight excluding hydrogens is 387 g/mol. The molecule has 0 amide bonds. The second-order valence-electron chi connectivity index (χ2n) is 5.97. The summed E-state index contributed by atoms with van der Waals surface area (Å²) in [5.74, 6) is -0.200. The summed E-state index contributed by atoms with van der Waals surface area (Å²) in [6.07, 6.45) is 8.86. The summed E-state index contributed by atoms with van der Waals surface area (Å²) in [5, 5.41) is 10.4. The number of aliphatic hydroxyl groups is 1. The van der Waals surface area contributed by atoms with E-state index >= 15 is 0 Å². The molecule has 0 unspecified atom stereocenters. The molecular formula is C19H29IO2. The van der Waals surface area contributed by atoms with Gasteiger partial charge in [0.25, 0.3) is 0 Å². The smallest absolute Gasteiger partial charge is 0.169 e. The van der Waals surface area contributed by atoms with E-state index < -0.39 is 6.10 Å². The van der Waals surface area contributed by atoms with Crippen molar-refractivity contribution in [1.82, 2.24) is 0 Å². The molecule has 22 heavy (non-hydrogen) atoms. The normalized spacial score (nSPS) is 13.8. The van der Waals surface area contributed by atoms with Crippen LogP contribution in [0.25, 0.3) is 0 Å². The van der Waals surface area contributed by atoms with Gasteiger partial charge in [-0.2, -0.15) is 0 Å². The number of rotatable bonds is 12. The van der Waals surface area contributed by atoms with E-state index in [0.29, 0.717) is 9.99 Å². The van der Waals surface area contributed by atoms with E-state index in [1.54, 1.807) is 0 Å². The molecule has 0 aliphatic carbocycles. The molecule has 0 heterocycles. The number of Topliss-reactive ketones (excluding diaryl/α,β-unsaturated/α-hetero) is 1. The fourth-order valence-corrected chi connectivity index (χ4v) is 3.66. The molecule has 3 heteroatoms. The highest BCUT2D eigenvalue weighted by molar-refractivity contribution is 14.1. The van der Waals surface area contributed by atoms with Gasteiger partial charge in [0.2, 0.25) is 0 Å². The van der Waals surface area contributed by atoms with Crippen molar-refractivity contribution in [1.29, 1.82) is 0 Å². The van der Waals surface area contributed by atoms with Crippen molar-refractivity contribution in [3.63, 3.8) is 0 Å². The van der Waals surface area contributed by atoms with Crippen LogP contribution >= 0.6 is 22.6 Å². The van der Waals surface area contributed by atoms with Crippen LogP contribution < -0.4 is 0 Å². The Labute approximate surface area is 148 Å². The first kappa shape index (κ1) is 19.6. The number of carbonyl (C=O) groups excluding carboxylic acids is 1. The number of halogens is 1. The van der Waals surface area contributed by atoms with Crippen LogP contribution in [0.4, 0.5) is 0 Å². The minimum Gasteiger partial charge on any atom is -0.392 e. The Morgan fingerprint density at radius 2 is 1.64 bits per heavy atom. The van der Waals surface area contributed by atoms with E-state index in [-0.39, 0.29) is 11.7 Å². The second kappa shape index (κ2) is 12.1. The number of hydrogen-bond donors (Lipinski definition) is 1. The van der Waals surface area contributed by atoms with Gasteiger partial charge in [0.1, 0.15) is 0 Å². The van der Waals surface area contributed by atoms with Crippen LogP contribution in [0.3, 0.4) is 0 Å². The first-order valence-electron chi connectivity index (χ1n) is 8.54. The molecule has 0 spiro atoms. The highest BCUT2D eigenvalue weighted by Crippen LogP contribution is 2.20. The zero-order chi connectivity index (χ0) is 16.2. The van der Waals surface area contributed by atoms with E-state index in [2.05, 4.69) is 29.5 Å². The monoisotopic (exact) mass is 416 g/mol. The van der Waals surface area contributed by atoms with Gasteiger partial charge in [-0.15, -0.1) is 0 Å². The summed E-state index contributed by atoms with van der Waals surface area (Å²) in [6.45, 7) is 2.23. The highest BCUT2D eigenvalue weighted by Gasteiger charge is 2.26. The van der Waals surface area contributed by atoms with Crippen molar-refractivity contribution in [2.24, 2.45) is 5.92 Å². The molecule has 0 aliphatic heterocycles. The van der Waals surface area contributed by atoms with E-state index in [1.165, 1.54) is 32.1 Å². The van der Waals surface area contributed by atoms with Crippen LogP contribution in [-0.2, 0) is 0 Å². The number of alkyl halides is 1. The molecule has 0 bridgehead atoms. The van der Waals surface area contributed by atoms with Crippen LogP contribution in [0, 0.1) is 5.92 Å². The molecule has 0 fully saturated rings. The molecule has 1 rings (SSSR count). The zero-order valence-electron chi connectivity index (χ0n) is 13.6. The van der Waals surface area contributed by atoms with Crippen LogP contribution in [-0.4, -0.2) is 21.4 Å². The molecule has 124 valence electrons. The molecule has 0 saturated carbocycles. The van der Waals surface area contributed by atoms with Crippen LogP contribution in [0.15, 0.2) is 30.3 Å². The van der Waals surface area contributed by atoms with E-state index in [4.69, 9.17) is 0 Å². The van der Waals surface area contributed by atoms with E-state index in [9.17, 15) is 9.90 Å². The minimum absolute atomic E-state index is 0.0745. The Balaban J connectivity index is 2.32. The number of aliphatic hydroxyl groups excluding tert-OH is 1. The van der Waals surface area contributed by atoms with Crippen molar-refractivity contribution in [2.45, 2.75) is 64.4 Å². The quantitative estimate of drug-likeness (QED) is 0.214. The van der Waals surface area contributed by atoms with Crippen LogP contribution in [0.2, 0.25) is 0 Å². The third-order valence-electron chi connectivity index (χ3n) is 4.13. The topological polar surface area (TPSA) is 37.3 Å². The Morgan fingerprint density at radius 3 is 2.23 bits per heavy atom. The first-order chi connectivity index (χ1) is 10.7. The lowest BCUT2D eigenvalue weighted by molar-refractivity contribution is 0.0698. The Kier molecular flexibility index (Phi) is 10.8. The summed E-state index contributed by atoms with van der Waals surface area (Å²) in [5.41, 5.74) is 0.711. The molecule has 0 radical (unpaired) electrons. The Hall–Kier alpha value is -0.420. The molecule has 0 aliphatic rings. The van der Waals surface area contributed by atoms with Gasteiger partial charge in [-0.05, 0) is 6.42 Å². The van der Waals surface area contributed by atoms with Gasteiger partial charge < -0.3 is 5.11 Å². The van der Waals surface area contributed by atoms with Crippen molar-refractivity contribution in [3.8, 4) is 0 Å². The fourth-order valence-electron chi connectivity index (χ4n) is 2.68. The third kappa shape index (κ3) is 7.23. The van der Waals surface area contributed by atoms with Crippen LogP contribution in [0.1, 0.15) is 68.6 Å². The van der Waals surface area contributed by atoms with E-state index in [0.717, 1.165) is 19.3 Å². The van der Waals surface area contributed by atoms with Crippen molar-refractivity contribution < 1.29 is 9.90 Å². The average molecular weight is 416 g/mol. The maximum Gasteiger partial charge on any atom is 0.169 e. The predicted molar refractivity (Wildman–Crippen MR) is 102 cm³/mol. The number of ketones is 1. The summed E-state index contributed by atoms with van der Waals surface area (Å²) in [4.78, 5) is 12.5. The summed E-state index contributed by atoms with van der Waals surface area (Å²) in [6, 6.07) is 9.33. The van der Waals surface area contributed by atoms with Crippen molar-refractivity contribution in [2.75, 3.05) is 4.43 Å². The van der Waals surface area contributed by atoms with Crippen molar-refractivity contribution in [3.05, 3.63) is 35.9 Å². The largest absolute Gasteiger partial charge is 0.392 e. The lowest BCUT2D eigenvalue weighted by Gasteiger charge is -2.20. The maximum absolute atomic E-state index is 12.5. The van der Waals surface area contributed by atoms with Gasteiger partial charge in [-0.3, -0.25) is 4.79 Å². The minimum atomic E-state index is -0.514. The van der Waals surface area contributed by atoms with Gasteiger partial charge in [0, 0.05) is 9.99 Å². The lowest BCUT2D eigenvalue weighted by atomic mass is 9.91. The van der Waals surface area contributed by atoms with Gasteiger partial charge in [0.15, 0.2) is 5.78 Å². The Bertz CT molecular complexity index is 405. The molecule has 0 aromatic heterocycles. The summed E-state index contributed by atoms with van der Waals surface area (Å²) >= 11 is 2.21. The highest BCUT2D eigenvalue weighted by atomic mass is 127. The average Bonchev–Trinajstić information content (AvgIpc) is 2.55. The Morgan fingerprint density at radius 1 is 1.05 bits per heavy atom. The molecule has 1 N–H and O–H groups in total. The molecule has 2 nitrogen and oxygen atoms in total. The molecule has 1 aromatic carbocycles. The summed E-state index contributed by atoms with van der Waals surface area (Å²) in [7, 11) is 0. The standard InChI is InChI=1S/C19H29IO2/c1-2-3-4-5-6-7-11-14-18(21)17(15-20)19(22)16-12-9-8-10-13-16/h8-10,12-13,17-18,21H,2-7,11,14-15H2,1H3/t17-,18+/m1/s1. The second-order valence-corrected chi connectivity index (χ2v) is 6.85. The number of hydrogen-bond acceptors (Lipinski definition) is 2. The van der Waals surface area contributed by atoms with Gasteiger partial charge in [-0.1, -0.05) is 105 Å². The summed E-state index contributed by atoms with van der Waals surface area (Å²) < 4.78 is 0.670.